The topological polar surface area (TPSA) is 12.9 Å². The Kier molecular flexibility index (Phi) is 4.59. The summed E-state index contributed by atoms with van der Waals surface area (Å²) in [7, 11) is 0. The fourth-order valence-corrected chi connectivity index (χ4v) is 6.38. The molecule has 176 valence electrons. The molecule has 0 spiro atoms. The van der Waals surface area contributed by atoms with Gasteiger partial charge < -0.3 is 0 Å². The van der Waals surface area contributed by atoms with Gasteiger partial charge in [-0.1, -0.05) is 121 Å². The average Bonchev–Trinajstić information content (AvgIpc) is 3.32. The van der Waals surface area contributed by atoms with Crippen LogP contribution in [0.4, 0.5) is 0 Å². The first-order valence-corrected chi connectivity index (χ1v) is 13.1. The minimum absolute atomic E-state index is 1.14. The van der Waals surface area contributed by atoms with Crippen molar-refractivity contribution in [3.8, 4) is 55.6 Å². The molecule has 8 rings (SSSR count). The maximum Gasteiger partial charge on any atom is 0.0346 e. The molecule has 0 atom stereocenters. The SMILES string of the molecule is c1ccc(-c2c3c(c(-c4ccccc4)c4ccccc24)-c2ccc(-c4cccnc4)c4cccc-3c24)cc1. The Labute approximate surface area is 221 Å². The van der Waals surface area contributed by atoms with Crippen molar-refractivity contribution < 1.29 is 0 Å². The van der Waals surface area contributed by atoms with E-state index < -0.39 is 0 Å². The van der Waals surface area contributed by atoms with E-state index in [1.807, 2.05) is 18.5 Å². The van der Waals surface area contributed by atoms with Crippen molar-refractivity contribution in [2.75, 3.05) is 0 Å². The minimum Gasteiger partial charge on any atom is -0.264 e. The molecule has 38 heavy (non-hydrogen) atoms. The molecule has 0 bridgehead atoms. The lowest BCUT2D eigenvalue weighted by Gasteiger charge is -2.20. The van der Waals surface area contributed by atoms with E-state index in [2.05, 4.69) is 126 Å². The fourth-order valence-electron chi connectivity index (χ4n) is 6.38. The minimum atomic E-state index is 1.14. The van der Waals surface area contributed by atoms with Gasteiger partial charge in [0, 0.05) is 18.0 Å². The zero-order valence-corrected chi connectivity index (χ0v) is 20.7. The summed E-state index contributed by atoms with van der Waals surface area (Å²) in [6.07, 6.45) is 3.80. The zero-order chi connectivity index (χ0) is 25.1. The van der Waals surface area contributed by atoms with E-state index in [0.29, 0.717) is 0 Å². The van der Waals surface area contributed by atoms with Gasteiger partial charge in [-0.05, 0) is 77.7 Å². The van der Waals surface area contributed by atoms with Crippen LogP contribution in [0.5, 0.6) is 0 Å². The fraction of sp³-hybridized carbons (Fsp3) is 0. The van der Waals surface area contributed by atoms with Crippen LogP contribution in [0.25, 0.3) is 77.2 Å². The number of nitrogens with zero attached hydrogens (tertiary/aromatic N) is 1. The molecule has 6 aromatic carbocycles. The number of aromatic nitrogens is 1. The Morgan fingerprint density at radius 3 is 1.47 bits per heavy atom. The van der Waals surface area contributed by atoms with Crippen LogP contribution < -0.4 is 0 Å². The third kappa shape index (κ3) is 2.96. The molecule has 1 heterocycles. The van der Waals surface area contributed by atoms with Crippen molar-refractivity contribution in [2.24, 2.45) is 0 Å². The molecular weight excluding hydrogens is 458 g/mol. The molecule has 0 saturated carbocycles. The predicted octanol–water partition coefficient (Wildman–Crippen LogP) is 10.0. The highest BCUT2D eigenvalue weighted by Crippen LogP contribution is 2.58. The number of benzene rings is 6. The van der Waals surface area contributed by atoms with E-state index in [0.717, 1.165) is 5.56 Å². The molecule has 0 aliphatic heterocycles. The zero-order valence-electron chi connectivity index (χ0n) is 20.7. The second kappa shape index (κ2) is 8.26. The van der Waals surface area contributed by atoms with E-state index in [1.54, 1.807) is 0 Å². The lowest BCUT2D eigenvalue weighted by atomic mass is 9.82. The number of pyridine rings is 1. The summed E-state index contributed by atoms with van der Waals surface area (Å²) in [6, 6.07) is 46.2. The highest BCUT2D eigenvalue weighted by molar-refractivity contribution is 6.28. The average molecular weight is 482 g/mol. The lowest BCUT2D eigenvalue weighted by Crippen LogP contribution is -1.93. The Hall–Kier alpha value is -5.01. The van der Waals surface area contributed by atoms with Gasteiger partial charge in [-0.3, -0.25) is 4.98 Å². The first-order valence-electron chi connectivity index (χ1n) is 13.1. The Balaban J connectivity index is 1.59. The maximum atomic E-state index is 4.41. The molecule has 1 aliphatic carbocycles. The van der Waals surface area contributed by atoms with Gasteiger partial charge in [-0.15, -0.1) is 0 Å². The summed E-state index contributed by atoms with van der Waals surface area (Å²) in [4.78, 5) is 4.41. The van der Waals surface area contributed by atoms with Gasteiger partial charge in [0.1, 0.15) is 0 Å². The number of hydrogen-bond acceptors (Lipinski definition) is 1. The summed E-state index contributed by atoms with van der Waals surface area (Å²) < 4.78 is 0. The van der Waals surface area contributed by atoms with Crippen LogP contribution in [0.15, 0.2) is 140 Å². The molecule has 0 unspecified atom stereocenters. The van der Waals surface area contributed by atoms with Crippen LogP contribution in [0, 0.1) is 0 Å². The van der Waals surface area contributed by atoms with Crippen molar-refractivity contribution in [3.63, 3.8) is 0 Å². The quantitative estimate of drug-likeness (QED) is 0.245. The van der Waals surface area contributed by atoms with Crippen LogP contribution in [0.1, 0.15) is 0 Å². The first kappa shape index (κ1) is 21.1. The molecule has 1 aromatic heterocycles. The predicted molar refractivity (Wildman–Crippen MR) is 160 cm³/mol. The number of fused-ring (bicyclic) bond motifs is 4. The van der Waals surface area contributed by atoms with Gasteiger partial charge >= 0.3 is 0 Å². The summed E-state index contributed by atoms with van der Waals surface area (Å²) in [5.74, 6) is 0. The second-order valence-electron chi connectivity index (χ2n) is 9.91. The van der Waals surface area contributed by atoms with Crippen molar-refractivity contribution in [2.45, 2.75) is 0 Å². The van der Waals surface area contributed by atoms with Crippen molar-refractivity contribution in [1.82, 2.24) is 4.98 Å². The van der Waals surface area contributed by atoms with Gasteiger partial charge in [-0.25, -0.2) is 0 Å². The molecule has 0 radical (unpaired) electrons. The van der Waals surface area contributed by atoms with E-state index in [4.69, 9.17) is 0 Å². The Bertz CT molecular complexity index is 1900. The highest BCUT2D eigenvalue weighted by atomic mass is 14.6. The summed E-state index contributed by atoms with van der Waals surface area (Å²) in [6.45, 7) is 0. The third-order valence-electron chi connectivity index (χ3n) is 7.89. The Morgan fingerprint density at radius 2 is 0.868 bits per heavy atom. The van der Waals surface area contributed by atoms with Crippen LogP contribution >= 0.6 is 0 Å². The van der Waals surface area contributed by atoms with Crippen LogP contribution in [-0.4, -0.2) is 4.98 Å². The molecule has 1 aliphatic rings. The van der Waals surface area contributed by atoms with Crippen molar-refractivity contribution in [1.29, 1.82) is 0 Å². The molecule has 0 fully saturated rings. The molecule has 7 aromatic rings. The molecule has 0 amide bonds. The van der Waals surface area contributed by atoms with Gasteiger partial charge in [0.2, 0.25) is 0 Å². The maximum absolute atomic E-state index is 4.41. The first-order chi connectivity index (χ1) is 18.9. The lowest BCUT2D eigenvalue weighted by molar-refractivity contribution is 1.33. The van der Waals surface area contributed by atoms with Gasteiger partial charge in [0.25, 0.3) is 0 Å². The van der Waals surface area contributed by atoms with Gasteiger partial charge in [0.15, 0.2) is 0 Å². The molecule has 1 nitrogen and oxygen atoms in total. The number of rotatable bonds is 3. The van der Waals surface area contributed by atoms with Crippen LogP contribution in [0.3, 0.4) is 0 Å². The highest BCUT2D eigenvalue weighted by Gasteiger charge is 2.30. The van der Waals surface area contributed by atoms with Crippen molar-refractivity contribution >= 4 is 21.5 Å². The van der Waals surface area contributed by atoms with Crippen molar-refractivity contribution in [3.05, 3.63) is 140 Å². The second-order valence-corrected chi connectivity index (χ2v) is 9.91. The third-order valence-corrected chi connectivity index (χ3v) is 7.89. The van der Waals surface area contributed by atoms with Crippen LogP contribution in [0.2, 0.25) is 0 Å². The largest absolute Gasteiger partial charge is 0.264 e. The van der Waals surface area contributed by atoms with Gasteiger partial charge in [0.05, 0.1) is 0 Å². The smallest absolute Gasteiger partial charge is 0.0346 e. The van der Waals surface area contributed by atoms with E-state index in [-0.39, 0.29) is 0 Å². The van der Waals surface area contributed by atoms with Gasteiger partial charge in [-0.2, -0.15) is 0 Å². The normalized spacial score (nSPS) is 11.7. The standard InChI is InChI=1S/C37H23N/c1-3-11-24(12-4-1)33-29-16-7-8-17-30(29)34(25-13-5-2-6-14-25)37-32-21-20-27(26-15-10-22-38-23-26)28-18-9-19-31(35(28)32)36(33)37/h1-23H. The monoisotopic (exact) mass is 481 g/mol. The summed E-state index contributed by atoms with van der Waals surface area (Å²) >= 11 is 0. The summed E-state index contributed by atoms with van der Waals surface area (Å²) in [5.41, 5.74) is 12.7. The van der Waals surface area contributed by atoms with E-state index in [9.17, 15) is 0 Å². The van der Waals surface area contributed by atoms with E-state index >= 15 is 0 Å². The van der Waals surface area contributed by atoms with Crippen LogP contribution in [-0.2, 0) is 0 Å². The Morgan fingerprint density at radius 1 is 0.342 bits per heavy atom. The molecule has 0 saturated heterocycles. The molecular formula is C37H23N. The molecule has 0 N–H and O–H groups in total. The summed E-state index contributed by atoms with van der Waals surface area (Å²) in [5, 5.41) is 5.17. The molecule has 1 heteroatoms. The van der Waals surface area contributed by atoms with E-state index in [1.165, 1.54) is 71.6 Å². The number of hydrogen-bond donors (Lipinski definition) is 0.